The van der Waals surface area contributed by atoms with Crippen LogP contribution in [0.25, 0.3) is 0 Å². The van der Waals surface area contributed by atoms with Crippen LogP contribution in [-0.2, 0) is 6.54 Å². The van der Waals surface area contributed by atoms with Gasteiger partial charge in [-0.15, -0.1) is 0 Å². The molecular formula is C9H14N2O2. The Bertz CT molecular complexity index is 300. The van der Waals surface area contributed by atoms with E-state index in [1.807, 2.05) is 6.92 Å². The van der Waals surface area contributed by atoms with Crippen LogP contribution in [-0.4, -0.2) is 19.2 Å². The predicted octanol–water partition coefficient (Wildman–Crippen LogP) is 0.866. The lowest BCUT2D eigenvalue weighted by molar-refractivity contribution is 0.350. The van der Waals surface area contributed by atoms with Gasteiger partial charge in [0.05, 0.1) is 25.6 Å². The maximum absolute atomic E-state index is 5.47. The Hall–Kier alpha value is -1.29. The normalized spacial score (nSPS) is 9.85. The van der Waals surface area contributed by atoms with Crippen LogP contribution in [0.3, 0.4) is 0 Å². The fourth-order valence-corrected chi connectivity index (χ4v) is 1.20. The molecule has 0 saturated heterocycles. The summed E-state index contributed by atoms with van der Waals surface area (Å²) >= 11 is 0. The molecule has 4 heteroatoms. The van der Waals surface area contributed by atoms with Crippen molar-refractivity contribution in [3.63, 3.8) is 0 Å². The second-order valence-electron chi connectivity index (χ2n) is 2.64. The lowest BCUT2D eigenvalue weighted by atomic mass is 10.2. The zero-order chi connectivity index (χ0) is 9.84. The van der Waals surface area contributed by atoms with E-state index in [4.69, 9.17) is 15.2 Å². The SMILES string of the molecule is COc1cc(CN)nc(C)c1OC. The van der Waals surface area contributed by atoms with Gasteiger partial charge in [-0.05, 0) is 6.92 Å². The molecule has 0 aliphatic heterocycles. The van der Waals surface area contributed by atoms with E-state index in [2.05, 4.69) is 4.98 Å². The van der Waals surface area contributed by atoms with E-state index < -0.39 is 0 Å². The van der Waals surface area contributed by atoms with Gasteiger partial charge in [-0.2, -0.15) is 0 Å². The Kier molecular flexibility index (Phi) is 3.08. The minimum absolute atomic E-state index is 0.404. The molecule has 0 aromatic carbocycles. The van der Waals surface area contributed by atoms with Gasteiger partial charge in [-0.25, -0.2) is 0 Å². The molecule has 0 aliphatic rings. The number of ether oxygens (including phenoxy) is 2. The van der Waals surface area contributed by atoms with Crippen molar-refractivity contribution in [1.82, 2.24) is 4.98 Å². The highest BCUT2D eigenvalue weighted by Gasteiger charge is 2.09. The van der Waals surface area contributed by atoms with E-state index in [1.165, 1.54) is 0 Å². The van der Waals surface area contributed by atoms with Gasteiger partial charge in [0.1, 0.15) is 0 Å². The van der Waals surface area contributed by atoms with Gasteiger partial charge in [0.15, 0.2) is 11.5 Å². The van der Waals surface area contributed by atoms with Crippen LogP contribution in [0.2, 0.25) is 0 Å². The third-order valence-corrected chi connectivity index (χ3v) is 1.79. The first-order chi connectivity index (χ1) is 6.22. The smallest absolute Gasteiger partial charge is 0.182 e. The molecule has 0 spiro atoms. The molecule has 72 valence electrons. The van der Waals surface area contributed by atoms with Crippen molar-refractivity contribution in [2.45, 2.75) is 13.5 Å². The highest BCUT2D eigenvalue weighted by molar-refractivity contribution is 5.44. The quantitative estimate of drug-likeness (QED) is 0.753. The van der Waals surface area contributed by atoms with E-state index in [0.717, 1.165) is 11.4 Å². The Morgan fingerprint density at radius 2 is 2.08 bits per heavy atom. The molecule has 0 amide bonds. The van der Waals surface area contributed by atoms with Gasteiger partial charge in [0.2, 0.25) is 0 Å². The van der Waals surface area contributed by atoms with Gasteiger partial charge in [0.25, 0.3) is 0 Å². The molecule has 0 unspecified atom stereocenters. The molecule has 1 aromatic rings. The Balaban J connectivity index is 3.20. The average Bonchev–Trinajstić information content (AvgIpc) is 2.16. The molecule has 1 rings (SSSR count). The fraction of sp³-hybridized carbons (Fsp3) is 0.444. The van der Waals surface area contributed by atoms with Gasteiger partial charge in [-0.1, -0.05) is 0 Å². The van der Waals surface area contributed by atoms with E-state index in [1.54, 1.807) is 20.3 Å². The Labute approximate surface area is 77.7 Å². The Morgan fingerprint density at radius 3 is 2.54 bits per heavy atom. The largest absolute Gasteiger partial charge is 0.493 e. The second-order valence-corrected chi connectivity index (χ2v) is 2.64. The monoisotopic (exact) mass is 182 g/mol. The number of rotatable bonds is 3. The summed E-state index contributed by atoms with van der Waals surface area (Å²) < 4.78 is 10.3. The average molecular weight is 182 g/mol. The zero-order valence-electron chi connectivity index (χ0n) is 8.13. The maximum atomic E-state index is 5.47. The summed E-state index contributed by atoms with van der Waals surface area (Å²) in [6.45, 7) is 2.27. The summed E-state index contributed by atoms with van der Waals surface area (Å²) in [6.07, 6.45) is 0. The van der Waals surface area contributed by atoms with Crippen LogP contribution in [0.5, 0.6) is 11.5 Å². The van der Waals surface area contributed by atoms with Crippen LogP contribution in [0.1, 0.15) is 11.4 Å². The lowest BCUT2D eigenvalue weighted by Crippen LogP contribution is -2.03. The summed E-state index contributed by atoms with van der Waals surface area (Å²) in [5.74, 6) is 1.34. The highest BCUT2D eigenvalue weighted by Crippen LogP contribution is 2.29. The molecule has 0 bridgehead atoms. The molecule has 0 fully saturated rings. The molecule has 0 aliphatic carbocycles. The van der Waals surface area contributed by atoms with Crippen LogP contribution < -0.4 is 15.2 Å². The van der Waals surface area contributed by atoms with Crippen LogP contribution in [0.15, 0.2) is 6.07 Å². The summed E-state index contributed by atoms with van der Waals surface area (Å²) in [7, 11) is 3.19. The number of methoxy groups -OCH3 is 2. The number of pyridine rings is 1. The summed E-state index contributed by atoms with van der Waals surface area (Å²) in [6, 6.07) is 1.78. The predicted molar refractivity (Wildman–Crippen MR) is 50.0 cm³/mol. The summed E-state index contributed by atoms with van der Waals surface area (Å²) in [5.41, 5.74) is 7.07. The molecule has 1 heterocycles. The third-order valence-electron chi connectivity index (χ3n) is 1.79. The maximum Gasteiger partial charge on any atom is 0.182 e. The van der Waals surface area contributed by atoms with E-state index in [-0.39, 0.29) is 0 Å². The molecule has 2 N–H and O–H groups in total. The number of hydrogen-bond donors (Lipinski definition) is 1. The molecule has 0 radical (unpaired) electrons. The number of aryl methyl sites for hydroxylation is 1. The third kappa shape index (κ3) is 1.89. The molecule has 4 nitrogen and oxygen atoms in total. The van der Waals surface area contributed by atoms with Crippen molar-refractivity contribution in [2.24, 2.45) is 5.73 Å². The van der Waals surface area contributed by atoms with Gasteiger partial charge in [0, 0.05) is 12.6 Å². The van der Waals surface area contributed by atoms with Crippen molar-refractivity contribution >= 4 is 0 Å². The highest BCUT2D eigenvalue weighted by atomic mass is 16.5. The first kappa shape index (κ1) is 9.80. The lowest BCUT2D eigenvalue weighted by Gasteiger charge is -2.10. The van der Waals surface area contributed by atoms with Crippen LogP contribution >= 0.6 is 0 Å². The van der Waals surface area contributed by atoms with Crippen molar-refractivity contribution in [2.75, 3.05) is 14.2 Å². The van der Waals surface area contributed by atoms with Crippen molar-refractivity contribution in [3.8, 4) is 11.5 Å². The number of nitrogens with zero attached hydrogens (tertiary/aromatic N) is 1. The summed E-state index contributed by atoms with van der Waals surface area (Å²) in [4.78, 5) is 4.24. The van der Waals surface area contributed by atoms with Crippen molar-refractivity contribution < 1.29 is 9.47 Å². The van der Waals surface area contributed by atoms with Crippen LogP contribution in [0.4, 0.5) is 0 Å². The topological polar surface area (TPSA) is 57.4 Å². The van der Waals surface area contributed by atoms with Gasteiger partial charge in [-0.3, -0.25) is 4.98 Å². The number of aromatic nitrogens is 1. The number of nitrogens with two attached hydrogens (primary N) is 1. The van der Waals surface area contributed by atoms with Crippen molar-refractivity contribution in [1.29, 1.82) is 0 Å². The molecular weight excluding hydrogens is 168 g/mol. The standard InChI is InChI=1S/C9H14N2O2/c1-6-9(13-3)8(12-2)4-7(5-10)11-6/h4H,5,10H2,1-3H3. The van der Waals surface area contributed by atoms with Gasteiger partial charge < -0.3 is 15.2 Å². The number of hydrogen-bond acceptors (Lipinski definition) is 4. The Morgan fingerprint density at radius 1 is 1.38 bits per heavy atom. The second kappa shape index (κ2) is 4.09. The molecule has 1 aromatic heterocycles. The molecule has 0 atom stereocenters. The molecule has 0 saturated carbocycles. The van der Waals surface area contributed by atoms with Gasteiger partial charge >= 0.3 is 0 Å². The summed E-state index contributed by atoms with van der Waals surface area (Å²) in [5, 5.41) is 0. The van der Waals surface area contributed by atoms with E-state index in [0.29, 0.717) is 18.0 Å². The van der Waals surface area contributed by atoms with E-state index >= 15 is 0 Å². The fourth-order valence-electron chi connectivity index (χ4n) is 1.20. The first-order valence-electron chi connectivity index (χ1n) is 4.01. The van der Waals surface area contributed by atoms with Crippen LogP contribution in [0, 0.1) is 6.92 Å². The first-order valence-corrected chi connectivity index (χ1v) is 4.01. The minimum Gasteiger partial charge on any atom is -0.493 e. The van der Waals surface area contributed by atoms with E-state index in [9.17, 15) is 0 Å². The minimum atomic E-state index is 0.404. The molecule has 13 heavy (non-hydrogen) atoms. The zero-order valence-corrected chi connectivity index (χ0v) is 8.13. The van der Waals surface area contributed by atoms with Crippen molar-refractivity contribution in [3.05, 3.63) is 17.5 Å².